The predicted octanol–water partition coefficient (Wildman–Crippen LogP) is 8.99. The van der Waals surface area contributed by atoms with Crippen LogP contribution < -0.4 is 5.32 Å². The number of benzene rings is 3. The summed E-state index contributed by atoms with van der Waals surface area (Å²) in [6.45, 7) is 10.4. The number of carbonyl (C=O) groups excluding carboxylic acids is 1. The van der Waals surface area contributed by atoms with E-state index >= 15 is 0 Å². The summed E-state index contributed by atoms with van der Waals surface area (Å²) in [6, 6.07) is 21.3. The van der Waals surface area contributed by atoms with Gasteiger partial charge in [-0.25, -0.2) is 0 Å². The van der Waals surface area contributed by atoms with Gasteiger partial charge in [-0.2, -0.15) is 0 Å². The van der Waals surface area contributed by atoms with E-state index in [1.54, 1.807) is 11.8 Å². The Hall–Kier alpha value is -1.98. The Bertz CT molecular complexity index is 1200. The minimum absolute atomic E-state index is 0.0249. The molecule has 1 heterocycles. The summed E-state index contributed by atoms with van der Waals surface area (Å²) in [5.74, 6) is 0.562. The van der Waals surface area contributed by atoms with Gasteiger partial charge in [0.25, 0.3) is 0 Å². The van der Waals surface area contributed by atoms with E-state index in [-0.39, 0.29) is 11.8 Å². The topological polar surface area (TPSA) is 32.3 Å². The lowest BCUT2D eigenvalue weighted by Gasteiger charge is -2.37. The van der Waals surface area contributed by atoms with Gasteiger partial charge in [-0.15, -0.1) is 0 Å². The Balaban J connectivity index is 1.36. The molecule has 0 radical (unpaired) electrons. The number of likely N-dealkylation sites (tertiary alicyclic amines) is 1. The van der Waals surface area contributed by atoms with E-state index in [0.29, 0.717) is 22.0 Å². The van der Waals surface area contributed by atoms with Gasteiger partial charge in [0.1, 0.15) is 0 Å². The van der Waals surface area contributed by atoms with Crippen LogP contribution in [-0.2, 0) is 4.79 Å². The molecule has 1 unspecified atom stereocenters. The van der Waals surface area contributed by atoms with Crippen molar-refractivity contribution in [3.63, 3.8) is 0 Å². The Morgan fingerprint density at radius 2 is 1.58 bits per heavy atom. The number of nitrogens with one attached hydrogen (secondary N) is 1. The van der Waals surface area contributed by atoms with Gasteiger partial charge < -0.3 is 5.32 Å². The number of carbonyl (C=O) groups is 1. The number of halogens is 2. The van der Waals surface area contributed by atoms with Crippen LogP contribution in [0.15, 0.2) is 70.5 Å². The van der Waals surface area contributed by atoms with Gasteiger partial charge in [-0.3, -0.25) is 9.69 Å². The second kappa shape index (κ2) is 12.0. The summed E-state index contributed by atoms with van der Waals surface area (Å²) in [4.78, 5) is 17.0. The molecule has 3 aromatic carbocycles. The molecule has 0 bridgehead atoms. The molecule has 0 saturated carbocycles. The molecule has 36 heavy (non-hydrogen) atoms. The largest absolute Gasteiger partial charge is 0.326 e. The van der Waals surface area contributed by atoms with Crippen molar-refractivity contribution in [3.8, 4) is 0 Å². The smallest absolute Gasteiger partial charge is 0.226 e. The molecule has 0 aliphatic carbocycles. The number of amides is 1. The molecule has 1 fully saturated rings. The highest BCUT2D eigenvalue weighted by molar-refractivity contribution is 7.99. The van der Waals surface area contributed by atoms with Crippen molar-refractivity contribution in [2.45, 2.75) is 62.3 Å². The third-order valence-electron chi connectivity index (χ3n) is 7.08. The van der Waals surface area contributed by atoms with Gasteiger partial charge in [0.15, 0.2) is 0 Å². The highest BCUT2D eigenvalue weighted by Gasteiger charge is 2.25. The first-order valence-corrected chi connectivity index (χ1v) is 14.2. The lowest BCUT2D eigenvalue weighted by molar-refractivity contribution is -0.118. The molecule has 1 amide bonds. The first kappa shape index (κ1) is 27.1. The fourth-order valence-electron chi connectivity index (χ4n) is 4.74. The molecule has 1 aliphatic heterocycles. The standard InChI is InChI=1S/C30H34Cl2N2OS/c1-19(2)30(35)33-24-8-5-20(3)27(17-24)23-13-15-34(16-14-23)21(4)22-6-9-25(10-7-22)36-26-11-12-28(31)29(32)18-26/h5-12,17-19,21,23H,13-16H2,1-4H3,(H,33,35). The lowest BCUT2D eigenvalue weighted by Crippen LogP contribution is -2.35. The van der Waals surface area contributed by atoms with Gasteiger partial charge in [0.05, 0.1) is 10.0 Å². The Kier molecular flexibility index (Phi) is 9.05. The zero-order valence-electron chi connectivity index (χ0n) is 21.4. The third-order valence-corrected chi connectivity index (χ3v) is 8.81. The minimum Gasteiger partial charge on any atom is -0.326 e. The van der Waals surface area contributed by atoms with E-state index < -0.39 is 0 Å². The van der Waals surface area contributed by atoms with Crippen LogP contribution in [0.2, 0.25) is 10.0 Å². The monoisotopic (exact) mass is 540 g/mol. The van der Waals surface area contributed by atoms with E-state index in [1.165, 1.54) is 21.6 Å². The van der Waals surface area contributed by atoms with E-state index in [0.717, 1.165) is 36.5 Å². The Morgan fingerprint density at radius 3 is 2.22 bits per heavy atom. The van der Waals surface area contributed by atoms with Gasteiger partial charge in [-0.1, -0.05) is 67.0 Å². The normalized spacial score (nSPS) is 15.8. The molecule has 1 saturated heterocycles. The van der Waals surface area contributed by atoms with Crippen LogP contribution in [0.1, 0.15) is 62.3 Å². The summed E-state index contributed by atoms with van der Waals surface area (Å²) in [5.41, 5.74) is 4.91. The Morgan fingerprint density at radius 1 is 0.917 bits per heavy atom. The van der Waals surface area contributed by atoms with Crippen LogP contribution in [0.3, 0.4) is 0 Å². The molecule has 0 spiro atoms. The van der Waals surface area contributed by atoms with Crippen LogP contribution in [0, 0.1) is 12.8 Å². The van der Waals surface area contributed by atoms with Gasteiger partial charge in [0, 0.05) is 27.4 Å². The summed E-state index contributed by atoms with van der Waals surface area (Å²) >= 11 is 13.9. The number of aryl methyl sites for hydroxylation is 1. The van der Waals surface area contributed by atoms with Crippen LogP contribution in [0.5, 0.6) is 0 Å². The van der Waals surface area contributed by atoms with Crippen LogP contribution in [-0.4, -0.2) is 23.9 Å². The number of hydrogen-bond acceptors (Lipinski definition) is 3. The van der Waals surface area contributed by atoms with Crippen LogP contribution in [0.25, 0.3) is 0 Å². The SMILES string of the molecule is Cc1ccc(NC(=O)C(C)C)cc1C1CCN(C(C)c2ccc(Sc3ccc(Cl)c(Cl)c3)cc2)CC1. The van der Waals surface area contributed by atoms with Crippen molar-refractivity contribution in [1.82, 2.24) is 4.90 Å². The average Bonchev–Trinajstić information content (AvgIpc) is 2.87. The Labute approximate surface area is 229 Å². The van der Waals surface area contributed by atoms with E-state index in [1.807, 2.05) is 38.1 Å². The average molecular weight is 542 g/mol. The molecule has 6 heteroatoms. The van der Waals surface area contributed by atoms with E-state index in [4.69, 9.17) is 23.2 Å². The van der Waals surface area contributed by atoms with Crippen molar-refractivity contribution in [2.75, 3.05) is 18.4 Å². The van der Waals surface area contributed by atoms with Crippen LogP contribution in [0.4, 0.5) is 5.69 Å². The number of nitrogens with zero attached hydrogens (tertiary/aromatic N) is 1. The van der Waals surface area contributed by atoms with Crippen molar-refractivity contribution >= 4 is 46.6 Å². The number of anilines is 1. The van der Waals surface area contributed by atoms with Crippen molar-refractivity contribution < 1.29 is 4.79 Å². The van der Waals surface area contributed by atoms with Crippen molar-refractivity contribution in [1.29, 1.82) is 0 Å². The minimum atomic E-state index is -0.0249. The van der Waals surface area contributed by atoms with Crippen molar-refractivity contribution in [3.05, 3.63) is 87.4 Å². The second-order valence-corrected chi connectivity index (χ2v) is 11.9. The highest BCUT2D eigenvalue weighted by Crippen LogP contribution is 2.36. The summed E-state index contributed by atoms with van der Waals surface area (Å²) in [6.07, 6.45) is 2.25. The maximum atomic E-state index is 12.1. The maximum Gasteiger partial charge on any atom is 0.226 e. The molecule has 4 rings (SSSR count). The third kappa shape index (κ3) is 6.66. The molecule has 1 atom stereocenters. The molecule has 1 aliphatic rings. The van der Waals surface area contributed by atoms with E-state index in [2.05, 4.69) is 60.5 Å². The van der Waals surface area contributed by atoms with E-state index in [9.17, 15) is 4.79 Å². The zero-order valence-corrected chi connectivity index (χ0v) is 23.7. The maximum absolute atomic E-state index is 12.1. The predicted molar refractivity (Wildman–Crippen MR) is 154 cm³/mol. The first-order chi connectivity index (χ1) is 17.2. The molecule has 190 valence electrons. The number of hydrogen-bond donors (Lipinski definition) is 1. The highest BCUT2D eigenvalue weighted by atomic mass is 35.5. The van der Waals surface area contributed by atoms with Gasteiger partial charge in [0.2, 0.25) is 5.91 Å². The van der Waals surface area contributed by atoms with Crippen molar-refractivity contribution in [2.24, 2.45) is 5.92 Å². The second-order valence-electron chi connectivity index (χ2n) is 9.95. The molecular formula is C30H34Cl2N2OS. The first-order valence-electron chi connectivity index (χ1n) is 12.6. The number of rotatable bonds is 7. The summed E-state index contributed by atoms with van der Waals surface area (Å²) in [7, 11) is 0. The molecular weight excluding hydrogens is 507 g/mol. The zero-order chi connectivity index (χ0) is 25.8. The molecule has 3 nitrogen and oxygen atoms in total. The quantitative estimate of drug-likeness (QED) is 0.324. The fourth-order valence-corrected chi connectivity index (χ4v) is 5.96. The number of piperidine rings is 1. The molecule has 0 aromatic heterocycles. The summed E-state index contributed by atoms with van der Waals surface area (Å²) in [5, 5.41) is 4.22. The summed E-state index contributed by atoms with van der Waals surface area (Å²) < 4.78 is 0. The van der Waals surface area contributed by atoms with Crippen LogP contribution >= 0.6 is 35.0 Å². The van der Waals surface area contributed by atoms with Gasteiger partial charge in [-0.05, 0) is 105 Å². The fraction of sp³-hybridized carbons (Fsp3) is 0.367. The lowest BCUT2D eigenvalue weighted by atomic mass is 9.86. The molecule has 1 N–H and O–H groups in total. The molecule has 3 aromatic rings. The van der Waals surface area contributed by atoms with Gasteiger partial charge >= 0.3 is 0 Å².